The predicted octanol–water partition coefficient (Wildman–Crippen LogP) is 2.85. The molecule has 0 fully saturated rings. The van der Waals surface area contributed by atoms with Gasteiger partial charge in [0.25, 0.3) is 0 Å². The summed E-state index contributed by atoms with van der Waals surface area (Å²) in [7, 11) is -3.31. The molecule has 1 rings (SSSR count). The average Bonchev–Trinajstić information content (AvgIpc) is 2.27. The Morgan fingerprint density at radius 3 is 2.41 bits per heavy atom. The van der Waals surface area contributed by atoms with E-state index in [9.17, 15) is 13.5 Å². The number of halogens is 2. The third-order valence-electron chi connectivity index (χ3n) is 2.69. The summed E-state index contributed by atoms with van der Waals surface area (Å²) in [5.74, 6) is -0.0174. The minimum atomic E-state index is -3.31. The van der Waals surface area contributed by atoms with E-state index in [1.165, 1.54) is 19.1 Å². The van der Waals surface area contributed by atoms with E-state index in [4.69, 9.17) is 23.2 Å². The van der Waals surface area contributed by atoms with Crippen LogP contribution in [0.2, 0.25) is 10.0 Å². The molecule has 1 N–H and O–H groups in total. The predicted molar refractivity (Wildman–Crippen MR) is 70.3 cm³/mol. The van der Waals surface area contributed by atoms with E-state index in [0.29, 0.717) is 10.6 Å². The van der Waals surface area contributed by atoms with E-state index in [2.05, 4.69) is 0 Å². The smallest absolute Gasteiger partial charge is 0.155 e. The number of hydrogen-bond donors (Lipinski definition) is 1. The van der Waals surface area contributed by atoms with E-state index in [0.717, 1.165) is 0 Å². The summed E-state index contributed by atoms with van der Waals surface area (Å²) in [6.45, 7) is 3.01. The highest BCUT2D eigenvalue weighted by atomic mass is 35.5. The molecule has 0 saturated carbocycles. The minimum absolute atomic E-state index is 0.0174. The van der Waals surface area contributed by atoms with Gasteiger partial charge in [-0.3, -0.25) is 0 Å². The van der Waals surface area contributed by atoms with Crippen LogP contribution in [0.4, 0.5) is 0 Å². The summed E-state index contributed by atoms with van der Waals surface area (Å²) in [6, 6.07) is 4.58. The first-order valence-corrected chi connectivity index (χ1v) is 7.61. The highest BCUT2D eigenvalue weighted by Gasteiger charge is 2.28. The Morgan fingerprint density at radius 1 is 1.35 bits per heavy atom. The van der Waals surface area contributed by atoms with Crippen LogP contribution in [0.15, 0.2) is 18.2 Å². The second-order valence-corrected chi connectivity index (χ2v) is 7.26. The van der Waals surface area contributed by atoms with Gasteiger partial charge in [-0.05, 0) is 19.1 Å². The lowest BCUT2D eigenvalue weighted by atomic mass is 10.1. The quantitative estimate of drug-likeness (QED) is 0.929. The van der Waals surface area contributed by atoms with Gasteiger partial charge in [0.1, 0.15) is 0 Å². The first-order valence-electron chi connectivity index (χ1n) is 5.14. The van der Waals surface area contributed by atoms with Crippen molar-refractivity contribution >= 4 is 33.0 Å². The number of rotatable bonds is 4. The number of aliphatic hydroxyl groups is 1. The lowest BCUT2D eigenvalue weighted by molar-refractivity contribution is 0.176. The molecule has 2 atom stereocenters. The molecule has 0 radical (unpaired) electrons. The first-order chi connectivity index (χ1) is 7.79. The van der Waals surface area contributed by atoms with Crippen LogP contribution in [0.25, 0.3) is 0 Å². The van der Waals surface area contributed by atoms with Crippen LogP contribution >= 0.6 is 23.2 Å². The maximum atomic E-state index is 11.7. The number of aliphatic hydroxyl groups excluding tert-OH is 1. The highest BCUT2D eigenvalue weighted by molar-refractivity contribution is 7.92. The summed E-state index contributed by atoms with van der Waals surface area (Å²) in [6.07, 6.45) is -1.15. The molecule has 0 aromatic heterocycles. The van der Waals surface area contributed by atoms with Gasteiger partial charge in [0.15, 0.2) is 9.84 Å². The zero-order valence-corrected chi connectivity index (χ0v) is 11.9. The Balaban J connectivity index is 3.09. The lowest BCUT2D eigenvalue weighted by Gasteiger charge is -2.19. The van der Waals surface area contributed by atoms with Gasteiger partial charge in [-0.2, -0.15) is 0 Å². The van der Waals surface area contributed by atoms with E-state index < -0.39 is 21.2 Å². The van der Waals surface area contributed by atoms with Crippen LogP contribution in [0.3, 0.4) is 0 Å². The number of benzene rings is 1. The molecule has 0 aliphatic carbocycles. The molecule has 0 heterocycles. The molecule has 1 aromatic rings. The fraction of sp³-hybridized carbons (Fsp3) is 0.455. The van der Waals surface area contributed by atoms with Crippen LogP contribution in [0, 0.1) is 0 Å². The van der Waals surface area contributed by atoms with Crippen molar-refractivity contribution in [3.05, 3.63) is 33.8 Å². The van der Waals surface area contributed by atoms with Crippen molar-refractivity contribution in [2.24, 2.45) is 0 Å². The Kier molecular flexibility index (Phi) is 4.84. The van der Waals surface area contributed by atoms with Crippen molar-refractivity contribution < 1.29 is 13.5 Å². The Morgan fingerprint density at radius 2 is 1.94 bits per heavy atom. The van der Waals surface area contributed by atoms with Gasteiger partial charge in [-0.15, -0.1) is 0 Å². The highest BCUT2D eigenvalue weighted by Crippen LogP contribution is 2.30. The van der Waals surface area contributed by atoms with Crippen molar-refractivity contribution in [2.75, 3.05) is 5.75 Å². The average molecular weight is 297 g/mol. The SMILES string of the molecule is CCS(=O)(=O)C(C)C(O)c1ccc(Cl)cc1Cl. The second kappa shape index (κ2) is 5.57. The lowest BCUT2D eigenvalue weighted by Crippen LogP contribution is -2.27. The monoisotopic (exact) mass is 296 g/mol. The maximum absolute atomic E-state index is 11.7. The zero-order valence-electron chi connectivity index (χ0n) is 9.52. The Bertz CT molecular complexity index is 499. The van der Waals surface area contributed by atoms with E-state index >= 15 is 0 Å². The molecule has 0 aliphatic heterocycles. The Hall–Kier alpha value is -0.290. The molecule has 0 saturated heterocycles. The van der Waals surface area contributed by atoms with Crippen LogP contribution in [-0.4, -0.2) is 24.5 Å². The molecule has 2 unspecified atom stereocenters. The van der Waals surface area contributed by atoms with Crippen molar-refractivity contribution in [1.82, 2.24) is 0 Å². The van der Waals surface area contributed by atoms with E-state index in [1.54, 1.807) is 13.0 Å². The van der Waals surface area contributed by atoms with Crippen LogP contribution in [-0.2, 0) is 9.84 Å². The molecule has 17 heavy (non-hydrogen) atoms. The topological polar surface area (TPSA) is 54.4 Å². The van der Waals surface area contributed by atoms with Crippen molar-refractivity contribution in [1.29, 1.82) is 0 Å². The Labute approximate surface area is 111 Å². The van der Waals surface area contributed by atoms with Crippen molar-refractivity contribution in [3.63, 3.8) is 0 Å². The standard InChI is InChI=1S/C11H14Cl2O3S/c1-3-17(15,16)7(2)11(14)9-5-4-8(12)6-10(9)13/h4-7,11,14H,3H2,1-2H3. The van der Waals surface area contributed by atoms with Crippen molar-refractivity contribution in [2.45, 2.75) is 25.2 Å². The summed E-state index contributed by atoms with van der Waals surface area (Å²) >= 11 is 11.7. The van der Waals surface area contributed by atoms with E-state index in [1.807, 2.05) is 0 Å². The van der Waals surface area contributed by atoms with Gasteiger partial charge in [0.05, 0.1) is 11.4 Å². The minimum Gasteiger partial charge on any atom is -0.387 e. The van der Waals surface area contributed by atoms with Crippen LogP contribution in [0.1, 0.15) is 25.5 Å². The van der Waals surface area contributed by atoms with Crippen LogP contribution in [0.5, 0.6) is 0 Å². The molecule has 3 nitrogen and oxygen atoms in total. The zero-order chi connectivity index (χ0) is 13.2. The number of hydrogen-bond acceptors (Lipinski definition) is 3. The number of sulfone groups is 1. The summed E-state index contributed by atoms with van der Waals surface area (Å²) in [4.78, 5) is 0. The molecule has 6 heteroatoms. The van der Waals surface area contributed by atoms with Gasteiger partial charge in [-0.25, -0.2) is 8.42 Å². The van der Waals surface area contributed by atoms with Gasteiger partial charge >= 0.3 is 0 Å². The fourth-order valence-electron chi connectivity index (χ4n) is 1.45. The largest absolute Gasteiger partial charge is 0.387 e. The second-order valence-electron chi connectivity index (χ2n) is 3.77. The summed E-state index contributed by atoms with van der Waals surface area (Å²) in [5.41, 5.74) is 0.376. The van der Waals surface area contributed by atoms with Gasteiger partial charge < -0.3 is 5.11 Å². The van der Waals surface area contributed by atoms with E-state index in [-0.39, 0.29) is 10.8 Å². The molecule has 0 amide bonds. The molecule has 0 aliphatic rings. The summed E-state index contributed by atoms with van der Waals surface area (Å²) < 4.78 is 23.3. The maximum Gasteiger partial charge on any atom is 0.155 e. The molecule has 0 spiro atoms. The molecule has 96 valence electrons. The first kappa shape index (κ1) is 14.8. The van der Waals surface area contributed by atoms with Gasteiger partial charge in [0.2, 0.25) is 0 Å². The molecule has 0 bridgehead atoms. The van der Waals surface area contributed by atoms with Gasteiger partial charge in [-0.1, -0.05) is 36.2 Å². The summed E-state index contributed by atoms with van der Waals surface area (Å²) in [5, 5.41) is 9.83. The fourth-order valence-corrected chi connectivity index (χ4v) is 3.04. The molecule has 1 aromatic carbocycles. The van der Waals surface area contributed by atoms with Crippen LogP contribution < -0.4 is 0 Å². The third-order valence-corrected chi connectivity index (χ3v) is 5.45. The molecular weight excluding hydrogens is 283 g/mol. The third kappa shape index (κ3) is 3.35. The molecular formula is C11H14Cl2O3S. The van der Waals surface area contributed by atoms with Crippen molar-refractivity contribution in [3.8, 4) is 0 Å². The van der Waals surface area contributed by atoms with Gasteiger partial charge in [0, 0.05) is 21.4 Å². The normalized spacial score (nSPS) is 15.6.